The number of halogens is 1. The van der Waals surface area contributed by atoms with Gasteiger partial charge in [-0.3, -0.25) is 4.79 Å². The van der Waals surface area contributed by atoms with Gasteiger partial charge in [-0.1, -0.05) is 13.3 Å². The highest BCUT2D eigenvalue weighted by molar-refractivity contribution is 9.10. The molecule has 0 bridgehead atoms. The smallest absolute Gasteiger partial charge is 0.241 e. The fourth-order valence-electron chi connectivity index (χ4n) is 1.33. The second-order valence-electron chi connectivity index (χ2n) is 3.65. The SMILES string of the molecule is CCC[C@@H](N)C(=O)Nc1ccc(Br)nc1C. The molecule has 0 saturated carbocycles. The quantitative estimate of drug-likeness (QED) is 0.834. The first-order valence-electron chi connectivity index (χ1n) is 5.24. The van der Waals surface area contributed by atoms with Crippen molar-refractivity contribution in [3.63, 3.8) is 0 Å². The topological polar surface area (TPSA) is 68.0 Å². The molecule has 88 valence electrons. The molecule has 0 fully saturated rings. The molecule has 0 aliphatic rings. The van der Waals surface area contributed by atoms with Crippen LogP contribution in [0.4, 0.5) is 5.69 Å². The highest BCUT2D eigenvalue weighted by Gasteiger charge is 2.13. The molecule has 0 aliphatic heterocycles. The van der Waals surface area contributed by atoms with E-state index in [2.05, 4.69) is 26.2 Å². The lowest BCUT2D eigenvalue weighted by Crippen LogP contribution is -2.35. The van der Waals surface area contributed by atoms with Gasteiger partial charge in [-0.05, 0) is 41.4 Å². The lowest BCUT2D eigenvalue weighted by atomic mass is 10.1. The van der Waals surface area contributed by atoms with Crippen molar-refractivity contribution in [1.29, 1.82) is 0 Å². The lowest BCUT2D eigenvalue weighted by Gasteiger charge is -2.12. The molecule has 1 aromatic rings. The molecule has 16 heavy (non-hydrogen) atoms. The van der Waals surface area contributed by atoms with Gasteiger partial charge in [0.2, 0.25) is 5.91 Å². The molecule has 4 nitrogen and oxygen atoms in total. The van der Waals surface area contributed by atoms with Crippen molar-refractivity contribution in [2.24, 2.45) is 5.73 Å². The van der Waals surface area contributed by atoms with Gasteiger partial charge in [0.15, 0.2) is 0 Å². The lowest BCUT2D eigenvalue weighted by molar-refractivity contribution is -0.117. The minimum Gasteiger partial charge on any atom is -0.323 e. The number of nitrogens with one attached hydrogen (secondary N) is 1. The number of aromatic nitrogens is 1. The average molecular weight is 286 g/mol. The first-order chi connectivity index (χ1) is 7.54. The Kier molecular flexibility index (Phi) is 4.89. The number of carbonyl (C=O) groups is 1. The normalized spacial score (nSPS) is 12.2. The summed E-state index contributed by atoms with van der Waals surface area (Å²) in [6, 6.07) is 3.14. The summed E-state index contributed by atoms with van der Waals surface area (Å²) in [5.74, 6) is -0.158. The summed E-state index contributed by atoms with van der Waals surface area (Å²) >= 11 is 3.27. The summed E-state index contributed by atoms with van der Waals surface area (Å²) in [5, 5.41) is 2.77. The molecule has 1 rings (SSSR count). The highest BCUT2D eigenvalue weighted by Crippen LogP contribution is 2.16. The van der Waals surface area contributed by atoms with Gasteiger partial charge >= 0.3 is 0 Å². The van der Waals surface area contributed by atoms with Crippen LogP contribution in [0.15, 0.2) is 16.7 Å². The maximum absolute atomic E-state index is 11.7. The predicted octanol–water partition coefficient (Wildman–Crippen LogP) is 2.22. The summed E-state index contributed by atoms with van der Waals surface area (Å²) in [6.45, 7) is 3.84. The van der Waals surface area contributed by atoms with Gasteiger partial charge in [0.05, 0.1) is 17.4 Å². The number of pyridine rings is 1. The maximum Gasteiger partial charge on any atom is 0.241 e. The summed E-state index contributed by atoms with van der Waals surface area (Å²) in [5.41, 5.74) is 7.19. The first kappa shape index (κ1) is 13.1. The molecule has 1 aromatic heterocycles. The zero-order valence-corrected chi connectivity index (χ0v) is 11.0. The summed E-state index contributed by atoms with van der Waals surface area (Å²) in [7, 11) is 0. The summed E-state index contributed by atoms with van der Waals surface area (Å²) in [4.78, 5) is 15.9. The van der Waals surface area contributed by atoms with E-state index in [0.717, 1.165) is 16.7 Å². The minimum absolute atomic E-state index is 0.158. The highest BCUT2D eigenvalue weighted by atomic mass is 79.9. The van der Waals surface area contributed by atoms with Crippen molar-refractivity contribution in [2.75, 3.05) is 5.32 Å². The van der Waals surface area contributed by atoms with E-state index >= 15 is 0 Å². The van der Waals surface area contributed by atoms with E-state index in [4.69, 9.17) is 5.73 Å². The Balaban J connectivity index is 2.69. The zero-order chi connectivity index (χ0) is 12.1. The van der Waals surface area contributed by atoms with Crippen LogP contribution in [0.3, 0.4) is 0 Å². The molecular weight excluding hydrogens is 270 g/mol. The first-order valence-corrected chi connectivity index (χ1v) is 6.03. The second-order valence-corrected chi connectivity index (χ2v) is 4.46. The molecule has 0 unspecified atom stereocenters. The monoisotopic (exact) mass is 285 g/mol. The van der Waals surface area contributed by atoms with Crippen LogP contribution in [0, 0.1) is 6.92 Å². The predicted molar refractivity (Wildman–Crippen MR) is 68.2 cm³/mol. The van der Waals surface area contributed by atoms with Crippen LogP contribution in [0.25, 0.3) is 0 Å². The van der Waals surface area contributed by atoms with Gasteiger partial charge in [-0.2, -0.15) is 0 Å². The van der Waals surface area contributed by atoms with Crippen molar-refractivity contribution in [1.82, 2.24) is 4.98 Å². The van der Waals surface area contributed by atoms with E-state index in [1.165, 1.54) is 0 Å². The molecule has 0 aliphatic carbocycles. The van der Waals surface area contributed by atoms with Crippen LogP contribution in [0.1, 0.15) is 25.5 Å². The van der Waals surface area contributed by atoms with Crippen molar-refractivity contribution in [3.8, 4) is 0 Å². The fraction of sp³-hybridized carbons (Fsp3) is 0.455. The van der Waals surface area contributed by atoms with E-state index in [1.54, 1.807) is 6.07 Å². The molecule has 0 radical (unpaired) electrons. The van der Waals surface area contributed by atoms with Gasteiger partial charge in [0.1, 0.15) is 4.60 Å². The van der Waals surface area contributed by atoms with Gasteiger partial charge in [0, 0.05) is 0 Å². The van der Waals surface area contributed by atoms with Crippen LogP contribution in [0.2, 0.25) is 0 Å². The van der Waals surface area contributed by atoms with Gasteiger partial charge < -0.3 is 11.1 Å². The van der Waals surface area contributed by atoms with E-state index in [9.17, 15) is 4.79 Å². The van der Waals surface area contributed by atoms with Gasteiger partial charge in [-0.15, -0.1) is 0 Å². The minimum atomic E-state index is -0.451. The molecule has 0 aromatic carbocycles. The van der Waals surface area contributed by atoms with E-state index in [-0.39, 0.29) is 5.91 Å². The van der Waals surface area contributed by atoms with Crippen molar-refractivity contribution in [2.45, 2.75) is 32.7 Å². The molecule has 0 spiro atoms. The largest absolute Gasteiger partial charge is 0.323 e. The van der Waals surface area contributed by atoms with Crippen LogP contribution >= 0.6 is 15.9 Å². The van der Waals surface area contributed by atoms with E-state index in [1.807, 2.05) is 19.9 Å². The third kappa shape index (κ3) is 3.57. The number of aryl methyl sites for hydroxylation is 1. The molecule has 1 amide bonds. The molecule has 1 atom stereocenters. The molecule has 3 N–H and O–H groups in total. The van der Waals surface area contributed by atoms with Crippen molar-refractivity contribution in [3.05, 3.63) is 22.4 Å². The third-order valence-electron chi connectivity index (χ3n) is 2.25. The fourth-order valence-corrected chi connectivity index (χ4v) is 1.73. The Bertz CT molecular complexity index is 381. The van der Waals surface area contributed by atoms with Crippen LogP contribution < -0.4 is 11.1 Å². The molecular formula is C11H16BrN3O. The van der Waals surface area contributed by atoms with Crippen molar-refractivity contribution >= 4 is 27.5 Å². The summed E-state index contributed by atoms with van der Waals surface area (Å²) in [6.07, 6.45) is 1.58. The van der Waals surface area contributed by atoms with E-state index in [0.29, 0.717) is 12.1 Å². The number of nitrogens with two attached hydrogens (primary N) is 1. The standard InChI is InChI=1S/C11H16BrN3O/c1-3-4-8(13)11(16)15-9-5-6-10(12)14-7(9)2/h5-6,8H,3-4,13H2,1-2H3,(H,15,16)/t8-/m1/s1. The van der Waals surface area contributed by atoms with Gasteiger partial charge in [0.25, 0.3) is 0 Å². The average Bonchev–Trinajstić information content (AvgIpc) is 2.22. The Hall–Kier alpha value is -0.940. The second kappa shape index (κ2) is 5.96. The Morgan fingerprint density at radius 2 is 2.31 bits per heavy atom. The zero-order valence-electron chi connectivity index (χ0n) is 9.46. The number of anilines is 1. The molecule has 1 heterocycles. The number of carbonyl (C=O) groups excluding carboxylic acids is 1. The number of hydrogen-bond acceptors (Lipinski definition) is 3. The van der Waals surface area contributed by atoms with Crippen LogP contribution in [0.5, 0.6) is 0 Å². The van der Waals surface area contributed by atoms with Gasteiger partial charge in [-0.25, -0.2) is 4.98 Å². The third-order valence-corrected chi connectivity index (χ3v) is 2.69. The maximum atomic E-state index is 11.7. The number of nitrogens with zero attached hydrogens (tertiary/aromatic N) is 1. The van der Waals surface area contributed by atoms with Crippen molar-refractivity contribution < 1.29 is 4.79 Å². The van der Waals surface area contributed by atoms with E-state index < -0.39 is 6.04 Å². The molecule has 0 saturated heterocycles. The Morgan fingerprint density at radius 1 is 1.62 bits per heavy atom. The number of hydrogen-bond donors (Lipinski definition) is 2. The number of rotatable bonds is 4. The van der Waals surface area contributed by atoms with Crippen LogP contribution in [-0.2, 0) is 4.79 Å². The Labute approximate surface area is 104 Å². The summed E-state index contributed by atoms with van der Waals surface area (Å²) < 4.78 is 0.751. The molecule has 5 heteroatoms. The van der Waals surface area contributed by atoms with Crippen LogP contribution in [-0.4, -0.2) is 16.9 Å². The Morgan fingerprint density at radius 3 is 2.88 bits per heavy atom. The number of amides is 1.